The van der Waals surface area contributed by atoms with Gasteiger partial charge in [-0.05, 0) is 34.0 Å². The van der Waals surface area contributed by atoms with E-state index in [4.69, 9.17) is 11.6 Å². The van der Waals surface area contributed by atoms with Gasteiger partial charge in [0.15, 0.2) is 11.6 Å². The summed E-state index contributed by atoms with van der Waals surface area (Å²) in [7, 11) is 0. The van der Waals surface area contributed by atoms with E-state index in [1.807, 2.05) is 13.8 Å². The first-order chi connectivity index (χ1) is 7.36. The van der Waals surface area contributed by atoms with Gasteiger partial charge in [-0.3, -0.25) is 4.79 Å². The highest BCUT2D eigenvalue weighted by molar-refractivity contribution is 9.10. The molecule has 1 aromatic rings. The van der Waals surface area contributed by atoms with Crippen LogP contribution in [0, 0.1) is 17.7 Å². The molecule has 0 aliphatic rings. The molecule has 0 fully saturated rings. The number of carbonyl (C=O) groups excluding carboxylic acids is 1. The van der Waals surface area contributed by atoms with Crippen LogP contribution in [0.15, 0.2) is 16.6 Å². The van der Waals surface area contributed by atoms with Crippen molar-refractivity contribution in [3.63, 3.8) is 0 Å². The molecule has 1 aromatic carbocycles. The number of ketones is 1. The van der Waals surface area contributed by atoms with Crippen LogP contribution in [0.2, 0.25) is 5.02 Å². The van der Waals surface area contributed by atoms with Gasteiger partial charge in [0.1, 0.15) is 0 Å². The van der Waals surface area contributed by atoms with Gasteiger partial charge in [-0.15, -0.1) is 0 Å². The molecular formula is C12H13BrClFO. The van der Waals surface area contributed by atoms with Crippen molar-refractivity contribution in [2.75, 3.05) is 0 Å². The van der Waals surface area contributed by atoms with Crippen molar-refractivity contribution in [1.29, 1.82) is 0 Å². The Balaban J connectivity index is 3.15. The van der Waals surface area contributed by atoms with E-state index in [1.54, 1.807) is 13.0 Å². The van der Waals surface area contributed by atoms with Crippen LogP contribution in [0.3, 0.4) is 0 Å². The van der Waals surface area contributed by atoms with E-state index in [0.29, 0.717) is 4.47 Å². The molecule has 88 valence electrons. The molecule has 1 unspecified atom stereocenters. The normalized spacial score (nSPS) is 12.9. The lowest BCUT2D eigenvalue weighted by molar-refractivity contribution is 0.0895. The fourth-order valence-electron chi connectivity index (χ4n) is 1.26. The lowest BCUT2D eigenvalue weighted by Crippen LogP contribution is -2.18. The lowest BCUT2D eigenvalue weighted by Gasteiger charge is -2.15. The lowest BCUT2D eigenvalue weighted by atomic mass is 9.89. The highest BCUT2D eigenvalue weighted by atomic mass is 79.9. The molecule has 0 bridgehead atoms. The molecule has 0 heterocycles. The Morgan fingerprint density at radius 1 is 1.38 bits per heavy atom. The van der Waals surface area contributed by atoms with Crippen LogP contribution in [-0.4, -0.2) is 5.78 Å². The predicted molar refractivity (Wildman–Crippen MR) is 67.4 cm³/mol. The van der Waals surface area contributed by atoms with Crippen molar-refractivity contribution in [3.8, 4) is 0 Å². The number of Topliss-reactive ketones (excluding diaryl/α,β-unsaturated/α-hetero) is 1. The Hall–Kier alpha value is -0.410. The zero-order chi connectivity index (χ0) is 12.5. The number of halogens is 3. The molecule has 0 amide bonds. The van der Waals surface area contributed by atoms with E-state index < -0.39 is 5.82 Å². The van der Waals surface area contributed by atoms with Crippen LogP contribution >= 0.6 is 27.5 Å². The maximum absolute atomic E-state index is 13.8. The SMILES string of the molecule is CC(C)C(C)C(=O)c1ccc(Br)c(Cl)c1F. The minimum absolute atomic E-state index is 0.0400. The summed E-state index contributed by atoms with van der Waals surface area (Å²) in [5.74, 6) is -0.892. The van der Waals surface area contributed by atoms with Gasteiger partial charge in [-0.2, -0.15) is 0 Å². The van der Waals surface area contributed by atoms with Gasteiger partial charge >= 0.3 is 0 Å². The second-order valence-electron chi connectivity index (χ2n) is 4.12. The van der Waals surface area contributed by atoms with Crippen molar-refractivity contribution in [2.24, 2.45) is 11.8 Å². The molecule has 0 spiro atoms. The second-order valence-corrected chi connectivity index (χ2v) is 5.35. The maximum atomic E-state index is 13.8. The molecule has 0 aliphatic carbocycles. The number of carbonyl (C=O) groups is 1. The third kappa shape index (κ3) is 2.64. The summed E-state index contributed by atoms with van der Waals surface area (Å²) in [6, 6.07) is 3.05. The zero-order valence-electron chi connectivity index (χ0n) is 9.35. The molecular weight excluding hydrogens is 294 g/mol. The van der Waals surface area contributed by atoms with Gasteiger partial charge in [0.25, 0.3) is 0 Å². The van der Waals surface area contributed by atoms with Crippen molar-refractivity contribution < 1.29 is 9.18 Å². The summed E-state index contributed by atoms with van der Waals surface area (Å²) in [5.41, 5.74) is 0.0643. The largest absolute Gasteiger partial charge is 0.294 e. The van der Waals surface area contributed by atoms with E-state index in [0.717, 1.165) is 0 Å². The fraction of sp³-hybridized carbons (Fsp3) is 0.417. The van der Waals surface area contributed by atoms with Gasteiger partial charge in [-0.1, -0.05) is 32.4 Å². The molecule has 0 radical (unpaired) electrons. The first-order valence-corrected chi connectivity index (χ1v) is 6.21. The van der Waals surface area contributed by atoms with Crippen molar-refractivity contribution in [1.82, 2.24) is 0 Å². The smallest absolute Gasteiger partial charge is 0.168 e. The quantitative estimate of drug-likeness (QED) is 0.583. The monoisotopic (exact) mass is 306 g/mol. The van der Waals surface area contributed by atoms with Crippen molar-refractivity contribution >= 4 is 33.3 Å². The van der Waals surface area contributed by atoms with Crippen LogP contribution < -0.4 is 0 Å². The van der Waals surface area contributed by atoms with Crippen LogP contribution in [0.5, 0.6) is 0 Å². The third-order valence-electron chi connectivity index (χ3n) is 2.71. The van der Waals surface area contributed by atoms with Gasteiger partial charge in [0, 0.05) is 10.4 Å². The third-order valence-corrected chi connectivity index (χ3v) is 3.97. The Bertz CT molecular complexity index is 418. The minimum Gasteiger partial charge on any atom is -0.294 e. The number of benzene rings is 1. The summed E-state index contributed by atoms with van der Waals surface area (Å²) in [4.78, 5) is 12.0. The number of rotatable bonds is 3. The summed E-state index contributed by atoms with van der Waals surface area (Å²) >= 11 is 8.85. The van der Waals surface area contributed by atoms with E-state index in [9.17, 15) is 9.18 Å². The molecule has 0 aromatic heterocycles. The zero-order valence-corrected chi connectivity index (χ0v) is 11.7. The van der Waals surface area contributed by atoms with Crippen molar-refractivity contribution in [2.45, 2.75) is 20.8 Å². The maximum Gasteiger partial charge on any atom is 0.168 e. The van der Waals surface area contributed by atoms with Crippen LogP contribution in [0.4, 0.5) is 4.39 Å². The highest BCUT2D eigenvalue weighted by Gasteiger charge is 2.23. The summed E-state index contributed by atoms with van der Waals surface area (Å²) in [6.07, 6.45) is 0. The molecule has 0 saturated carbocycles. The first kappa shape index (κ1) is 13.7. The highest BCUT2D eigenvalue weighted by Crippen LogP contribution is 2.29. The average molecular weight is 308 g/mol. The summed E-state index contributed by atoms with van der Waals surface area (Å²) < 4.78 is 14.2. The van der Waals surface area contributed by atoms with Crippen molar-refractivity contribution in [3.05, 3.63) is 33.0 Å². The van der Waals surface area contributed by atoms with Crippen LogP contribution in [0.25, 0.3) is 0 Å². The van der Waals surface area contributed by atoms with Gasteiger partial charge < -0.3 is 0 Å². The molecule has 0 saturated heterocycles. The Kier molecular flexibility index (Phi) is 4.51. The van der Waals surface area contributed by atoms with E-state index in [1.165, 1.54) is 6.07 Å². The van der Waals surface area contributed by atoms with Gasteiger partial charge in [0.2, 0.25) is 0 Å². The first-order valence-electron chi connectivity index (χ1n) is 5.04. The number of hydrogen-bond acceptors (Lipinski definition) is 1. The molecule has 1 atom stereocenters. The summed E-state index contributed by atoms with van der Waals surface area (Å²) in [6.45, 7) is 5.66. The topological polar surface area (TPSA) is 17.1 Å². The van der Waals surface area contributed by atoms with Gasteiger partial charge in [0.05, 0.1) is 10.6 Å². The summed E-state index contributed by atoms with van der Waals surface area (Å²) in [5, 5.41) is -0.0400. The van der Waals surface area contributed by atoms with Crippen LogP contribution in [-0.2, 0) is 0 Å². The minimum atomic E-state index is -0.645. The van der Waals surface area contributed by atoms with E-state index >= 15 is 0 Å². The molecule has 4 heteroatoms. The Morgan fingerprint density at radius 2 is 1.94 bits per heavy atom. The van der Waals surface area contributed by atoms with Gasteiger partial charge in [-0.25, -0.2) is 4.39 Å². The predicted octanol–water partition coefficient (Wildman–Crippen LogP) is 4.72. The standard InChI is InChI=1S/C12H13BrClFO/c1-6(2)7(3)12(16)8-4-5-9(13)10(14)11(8)15/h4-7H,1-3H3. The average Bonchev–Trinajstić information content (AvgIpc) is 2.24. The molecule has 16 heavy (non-hydrogen) atoms. The molecule has 0 aliphatic heterocycles. The Morgan fingerprint density at radius 3 is 2.44 bits per heavy atom. The second kappa shape index (κ2) is 5.28. The molecule has 1 nitrogen and oxygen atoms in total. The molecule has 0 N–H and O–H groups in total. The fourth-order valence-corrected chi connectivity index (χ4v) is 1.74. The molecule has 1 rings (SSSR count). The van der Waals surface area contributed by atoms with Crippen LogP contribution in [0.1, 0.15) is 31.1 Å². The number of hydrogen-bond donors (Lipinski definition) is 0. The van der Waals surface area contributed by atoms with E-state index in [-0.39, 0.29) is 28.2 Å². The van der Waals surface area contributed by atoms with E-state index in [2.05, 4.69) is 15.9 Å². The Labute approximate surface area is 108 Å².